The molecule has 88 valence electrons. The van der Waals surface area contributed by atoms with Crippen molar-refractivity contribution in [3.05, 3.63) is 29.7 Å². The molecule has 0 bridgehead atoms. The average Bonchev–Trinajstić information content (AvgIpc) is 2.29. The van der Waals surface area contributed by atoms with Gasteiger partial charge in [0.25, 0.3) is 0 Å². The van der Waals surface area contributed by atoms with Crippen LogP contribution in [0.1, 0.15) is 18.2 Å². The molecule has 0 spiro atoms. The Bertz CT molecular complexity index is 507. The van der Waals surface area contributed by atoms with Gasteiger partial charge >= 0.3 is 0 Å². The summed E-state index contributed by atoms with van der Waals surface area (Å²) in [6.07, 6.45) is 3.53. The largest absolute Gasteiger partial charge is 0.370 e. The minimum absolute atomic E-state index is 0.554. The fourth-order valence-electron chi connectivity index (χ4n) is 1.45. The van der Waals surface area contributed by atoms with E-state index >= 15 is 0 Å². The number of rotatable bonds is 3. The lowest BCUT2D eigenvalue weighted by molar-refractivity contribution is 1.03. The third-order valence-corrected chi connectivity index (χ3v) is 2.19. The molecule has 0 atom stereocenters. The van der Waals surface area contributed by atoms with Crippen LogP contribution in [-0.2, 0) is 0 Å². The summed E-state index contributed by atoms with van der Waals surface area (Å²) in [4.78, 5) is 17.2. The fraction of sp³-hybridized carbons (Fsp3) is 0.333. The van der Waals surface area contributed by atoms with E-state index in [9.17, 15) is 0 Å². The first-order chi connectivity index (χ1) is 8.19. The van der Waals surface area contributed by atoms with Gasteiger partial charge in [-0.05, 0) is 26.3 Å². The van der Waals surface area contributed by atoms with Crippen molar-refractivity contribution in [3.8, 4) is 11.6 Å². The molecule has 0 saturated carbocycles. The predicted molar refractivity (Wildman–Crippen MR) is 66.7 cm³/mol. The van der Waals surface area contributed by atoms with Gasteiger partial charge in [-0.25, -0.2) is 19.9 Å². The molecule has 0 fully saturated rings. The minimum Gasteiger partial charge on any atom is -0.370 e. The van der Waals surface area contributed by atoms with Crippen molar-refractivity contribution in [3.63, 3.8) is 0 Å². The van der Waals surface area contributed by atoms with Gasteiger partial charge in [-0.1, -0.05) is 0 Å². The molecule has 17 heavy (non-hydrogen) atoms. The summed E-state index contributed by atoms with van der Waals surface area (Å²) >= 11 is 0. The van der Waals surface area contributed by atoms with E-state index in [1.807, 2.05) is 26.8 Å². The Morgan fingerprint density at radius 3 is 2.41 bits per heavy atom. The number of anilines is 1. The average molecular weight is 229 g/mol. The van der Waals surface area contributed by atoms with E-state index in [1.54, 1.807) is 12.4 Å². The molecule has 0 radical (unpaired) electrons. The molecule has 0 amide bonds. The first-order valence-corrected chi connectivity index (χ1v) is 5.57. The summed E-state index contributed by atoms with van der Waals surface area (Å²) in [5.74, 6) is 1.92. The Kier molecular flexibility index (Phi) is 3.27. The van der Waals surface area contributed by atoms with E-state index in [-0.39, 0.29) is 0 Å². The van der Waals surface area contributed by atoms with Crippen LogP contribution in [0, 0.1) is 13.8 Å². The van der Waals surface area contributed by atoms with E-state index in [0.29, 0.717) is 11.6 Å². The second-order valence-electron chi connectivity index (χ2n) is 3.83. The van der Waals surface area contributed by atoms with Crippen LogP contribution < -0.4 is 5.32 Å². The van der Waals surface area contributed by atoms with Crippen LogP contribution in [0.15, 0.2) is 18.5 Å². The molecule has 0 aliphatic heterocycles. The predicted octanol–water partition coefficient (Wildman–Crippen LogP) is 1.98. The van der Waals surface area contributed by atoms with Crippen LogP contribution in [0.3, 0.4) is 0 Å². The van der Waals surface area contributed by atoms with Gasteiger partial charge in [0.1, 0.15) is 5.82 Å². The Balaban J connectivity index is 2.40. The molecule has 2 aromatic heterocycles. The monoisotopic (exact) mass is 229 g/mol. The van der Waals surface area contributed by atoms with Crippen LogP contribution >= 0.6 is 0 Å². The van der Waals surface area contributed by atoms with E-state index < -0.39 is 0 Å². The summed E-state index contributed by atoms with van der Waals surface area (Å²) in [6.45, 7) is 6.73. The lowest BCUT2D eigenvalue weighted by Gasteiger charge is -2.05. The van der Waals surface area contributed by atoms with Crippen LogP contribution in [0.5, 0.6) is 0 Å². The Morgan fingerprint density at radius 1 is 1.06 bits per heavy atom. The summed E-state index contributed by atoms with van der Waals surface area (Å²) in [6, 6.07) is 1.90. The lowest BCUT2D eigenvalue weighted by atomic mass is 10.3. The summed E-state index contributed by atoms with van der Waals surface area (Å²) in [5.41, 5.74) is 1.92. The van der Waals surface area contributed by atoms with Crippen molar-refractivity contribution in [2.45, 2.75) is 20.8 Å². The van der Waals surface area contributed by atoms with Crippen LogP contribution in [0.2, 0.25) is 0 Å². The molecule has 5 nitrogen and oxygen atoms in total. The highest BCUT2D eigenvalue weighted by Gasteiger charge is 2.06. The summed E-state index contributed by atoms with van der Waals surface area (Å²) < 4.78 is 0. The SMILES string of the molecule is CCNc1cc(C)nc(-c2ncc(C)cn2)n1. The van der Waals surface area contributed by atoms with Gasteiger partial charge in [0.05, 0.1) is 0 Å². The minimum atomic E-state index is 0.554. The van der Waals surface area contributed by atoms with Gasteiger partial charge in [0.15, 0.2) is 11.6 Å². The van der Waals surface area contributed by atoms with Gasteiger partial charge in [-0.3, -0.25) is 0 Å². The topological polar surface area (TPSA) is 63.6 Å². The third-order valence-electron chi connectivity index (χ3n) is 2.19. The number of nitrogens with zero attached hydrogens (tertiary/aromatic N) is 4. The normalized spacial score (nSPS) is 10.3. The molecular formula is C12H15N5. The van der Waals surface area contributed by atoms with E-state index in [0.717, 1.165) is 23.6 Å². The highest BCUT2D eigenvalue weighted by atomic mass is 15.1. The zero-order valence-electron chi connectivity index (χ0n) is 10.2. The zero-order chi connectivity index (χ0) is 12.3. The molecule has 1 N–H and O–H groups in total. The number of aromatic nitrogens is 4. The first-order valence-electron chi connectivity index (χ1n) is 5.57. The molecule has 2 heterocycles. The maximum absolute atomic E-state index is 4.38. The maximum atomic E-state index is 4.38. The van der Waals surface area contributed by atoms with Gasteiger partial charge in [0, 0.05) is 30.7 Å². The van der Waals surface area contributed by atoms with Gasteiger partial charge in [-0.2, -0.15) is 0 Å². The number of nitrogens with one attached hydrogen (secondary N) is 1. The standard InChI is InChI=1S/C12H15N5/c1-4-13-10-5-9(3)16-12(17-10)11-14-6-8(2)7-15-11/h5-7H,4H2,1-3H3,(H,13,16,17). The van der Waals surface area contributed by atoms with Gasteiger partial charge in [0.2, 0.25) is 0 Å². The lowest BCUT2D eigenvalue weighted by Crippen LogP contribution is -2.04. The van der Waals surface area contributed by atoms with E-state index in [2.05, 4.69) is 25.3 Å². The van der Waals surface area contributed by atoms with Crippen LogP contribution in [-0.4, -0.2) is 26.5 Å². The van der Waals surface area contributed by atoms with E-state index in [4.69, 9.17) is 0 Å². The third kappa shape index (κ3) is 2.75. The van der Waals surface area contributed by atoms with Crippen molar-refractivity contribution < 1.29 is 0 Å². The summed E-state index contributed by atoms with van der Waals surface area (Å²) in [5, 5.41) is 3.16. The number of hydrogen-bond donors (Lipinski definition) is 1. The Hall–Kier alpha value is -2.04. The Morgan fingerprint density at radius 2 is 1.76 bits per heavy atom. The molecule has 0 aromatic carbocycles. The van der Waals surface area contributed by atoms with Crippen molar-refractivity contribution in [1.82, 2.24) is 19.9 Å². The molecule has 2 rings (SSSR count). The number of hydrogen-bond acceptors (Lipinski definition) is 5. The second kappa shape index (κ2) is 4.86. The smallest absolute Gasteiger partial charge is 0.199 e. The molecule has 0 unspecified atom stereocenters. The quantitative estimate of drug-likeness (QED) is 0.871. The van der Waals surface area contributed by atoms with Crippen molar-refractivity contribution in [2.24, 2.45) is 0 Å². The molecule has 0 aliphatic carbocycles. The zero-order valence-corrected chi connectivity index (χ0v) is 10.2. The fourth-order valence-corrected chi connectivity index (χ4v) is 1.45. The van der Waals surface area contributed by atoms with Crippen LogP contribution in [0.4, 0.5) is 5.82 Å². The van der Waals surface area contributed by atoms with E-state index in [1.165, 1.54) is 0 Å². The highest BCUT2D eigenvalue weighted by Crippen LogP contribution is 2.13. The van der Waals surface area contributed by atoms with Crippen molar-refractivity contribution in [2.75, 3.05) is 11.9 Å². The van der Waals surface area contributed by atoms with Crippen molar-refractivity contribution >= 4 is 5.82 Å². The molecular weight excluding hydrogens is 214 g/mol. The highest BCUT2D eigenvalue weighted by molar-refractivity contribution is 5.48. The molecule has 0 aliphatic rings. The molecule has 2 aromatic rings. The Labute approximate surface area is 100 Å². The van der Waals surface area contributed by atoms with Crippen molar-refractivity contribution in [1.29, 1.82) is 0 Å². The number of aryl methyl sites for hydroxylation is 2. The van der Waals surface area contributed by atoms with Gasteiger partial charge in [-0.15, -0.1) is 0 Å². The van der Waals surface area contributed by atoms with Gasteiger partial charge < -0.3 is 5.32 Å². The molecule has 5 heteroatoms. The summed E-state index contributed by atoms with van der Waals surface area (Å²) in [7, 11) is 0. The maximum Gasteiger partial charge on any atom is 0.199 e. The molecule has 0 saturated heterocycles. The first kappa shape index (κ1) is 11.4. The second-order valence-corrected chi connectivity index (χ2v) is 3.83. The van der Waals surface area contributed by atoms with Crippen LogP contribution in [0.25, 0.3) is 11.6 Å².